The van der Waals surface area contributed by atoms with Gasteiger partial charge in [0, 0.05) is 35.5 Å². The van der Waals surface area contributed by atoms with Gasteiger partial charge in [-0.1, -0.05) is 75.4 Å². The summed E-state index contributed by atoms with van der Waals surface area (Å²) in [5.41, 5.74) is 5.58. The van der Waals surface area contributed by atoms with Gasteiger partial charge in [-0.3, -0.25) is 4.68 Å². The third-order valence-corrected chi connectivity index (χ3v) is 13.4. The first-order valence-corrected chi connectivity index (χ1v) is 18.4. The van der Waals surface area contributed by atoms with E-state index in [4.69, 9.17) is 19.0 Å². The Morgan fingerprint density at radius 3 is 2.43 bits per heavy atom. The SMILES string of the molecule is CCOC(=O)c1cc2cccc(-c3c(C)nn(C)c3CO[Si](C)(C)C(C)(C)C)c2n1CCCOc1cccc2ccccc12. The van der Waals surface area contributed by atoms with Crippen molar-refractivity contribution in [3.63, 3.8) is 0 Å². The van der Waals surface area contributed by atoms with E-state index in [0.29, 0.717) is 38.5 Å². The maximum Gasteiger partial charge on any atom is 0.354 e. The molecule has 0 saturated heterocycles. The Hall–Kier alpha value is -3.88. The number of benzene rings is 3. The molecule has 0 saturated carbocycles. The van der Waals surface area contributed by atoms with Gasteiger partial charge in [0.2, 0.25) is 0 Å². The standard InChI is InChI=1S/C36H45N3O4Si/c1-9-41-35(40)30-23-27-17-12-19-29(33-25(2)37-38(6)31(33)24-43-44(7,8)36(3,4)5)34(27)39(30)21-14-22-42-32-20-13-16-26-15-10-11-18-28(26)32/h10-13,15-20,23H,9,14,21-22,24H2,1-8H3. The van der Waals surface area contributed by atoms with Gasteiger partial charge < -0.3 is 18.5 Å². The smallest absolute Gasteiger partial charge is 0.354 e. The maximum absolute atomic E-state index is 13.2. The highest BCUT2D eigenvalue weighted by Crippen LogP contribution is 2.39. The molecule has 0 radical (unpaired) electrons. The number of hydrogen-bond donors (Lipinski definition) is 0. The Morgan fingerprint density at radius 2 is 1.68 bits per heavy atom. The molecule has 0 spiro atoms. The number of ether oxygens (including phenoxy) is 2. The summed E-state index contributed by atoms with van der Waals surface area (Å²) in [6.45, 7) is 17.1. The van der Waals surface area contributed by atoms with Crippen LogP contribution in [0.5, 0.6) is 5.75 Å². The molecule has 2 aromatic heterocycles. The summed E-state index contributed by atoms with van der Waals surface area (Å²) in [6, 6.07) is 22.5. The van der Waals surface area contributed by atoms with E-state index in [1.807, 2.05) is 62.0 Å². The van der Waals surface area contributed by atoms with E-state index >= 15 is 0 Å². The molecule has 0 aliphatic heterocycles. The number of fused-ring (bicyclic) bond motifs is 2. The normalized spacial score (nSPS) is 12.3. The second kappa shape index (κ2) is 12.6. The molecule has 5 aromatic rings. The second-order valence-electron chi connectivity index (χ2n) is 12.9. The molecule has 7 nitrogen and oxygen atoms in total. The van der Waals surface area contributed by atoms with Crippen molar-refractivity contribution in [2.75, 3.05) is 13.2 Å². The summed E-state index contributed by atoms with van der Waals surface area (Å²) in [5.74, 6) is 0.540. The molecule has 0 atom stereocenters. The van der Waals surface area contributed by atoms with E-state index in [9.17, 15) is 4.79 Å². The Bertz CT molecular complexity index is 1790. The molecule has 8 heteroatoms. The first-order valence-electron chi connectivity index (χ1n) is 15.5. The number of nitrogens with zero attached hydrogens (tertiary/aromatic N) is 3. The lowest BCUT2D eigenvalue weighted by atomic mass is 10.0. The van der Waals surface area contributed by atoms with Gasteiger partial charge in [0.15, 0.2) is 8.32 Å². The van der Waals surface area contributed by atoms with Crippen LogP contribution < -0.4 is 4.74 Å². The van der Waals surface area contributed by atoms with E-state index in [1.54, 1.807) is 0 Å². The molecule has 3 aromatic carbocycles. The number of para-hydroxylation sites is 1. The van der Waals surface area contributed by atoms with Crippen LogP contribution in [0.2, 0.25) is 18.1 Å². The van der Waals surface area contributed by atoms with E-state index in [-0.39, 0.29) is 11.0 Å². The predicted molar refractivity (Wildman–Crippen MR) is 181 cm³/mol. The van der Waals surface area contributed by atoms with Crippen LogP contribution in [-0.2, 0) is 29.4 Å². The van der Waals surface area contributed by atoms with Crippen molar-refractivity contribution in [2.45, 2.75) is 72.3 Å². The third kappa shape index (κ3) is 6.19. The fourth-order valence-electron chi connectivity index (χ4n) is 5.55. The predicted octanol–water partition coefficient (Wildman–Crippen LogP) is 8.67. The number of carbonyl (C=O) groups is 1. The van der Waals surface area contributed by atoms with Gasteiger partial charge in [0.05, 0.1) is 36.7 Å². The van der Waals surface area contributed by atoms with Crippen LogP contribution in [0, 0.1) is 6.92 Å². The Balaban J connectivity index is 1.51. The van der Waals surface area contributed by atoms with Crippen molar-refractivity contribution in [2.24, 2.45) is 7.05 Å². The van der Waals surface area contributed by atoms with Crippen LogP contribution in [-0.4, -0.2) is 41.8 Å². The van der Waals surface area contributed by atoms with Gasteiger partial charge in [0.25, 0.3) is 0 Å². The fraction of sp³-hybridized carbons (Fsp3) is 0.389. The molecule has 0 fully saturated rings. The minimum atomic E-state index is -2.00. The van der Waals surface area contributed by atoms with E-state index in [2.05, 4.69) is 68.8 Å². The summed E-state index contributed by atoms with van der Waals surface area (Å²) in [7, 11) is -0.0176. The zero-order chi connectivity index (χ0) is 31.6. The Kier molecular flexibility index (Phi) is 9.04. The van der Waals surface area contributed by atoms with Crippen molar-refractivity contribution in [3.8, 4) is 16.9 Å². The van der Waals surface area contributed by atoms with Gasteiger partial charge in [-0.15, -0.1) is 0 Å². The van der Waals surface area contributed by atoms with Crippen LogP contribution in [0.1, 0.15) is 56.0 Å². The molecule has 232 valence electrons. The Labute approximate surface area is 261 Å². The molecule has 0 aliphatic carbocycles. The first-order chi connectivity index (χ1) is 20.9. The number of rotatable bonds is 11. The van der Waals surface area contributed by atoms with Crippen LogP contribution in [0.3, 0.4) is 0 Å². The highest BCUT2D eigenvalue weighted by molar-refractivity contribution is 6.74. The molecule has 5 rings (SSSR count). The highest BCUT2D eigenvalue weighted by Gasteiger charge is 2.37. The van der Waals surface area contributed by atoms with Crippen molar-refractivity contribution < 1.29 is 18.7 Å². The summed E-state index contributed by atoms with van der Waals surface area (Å²) in [5, 5.41) is 8.15. The molecular formula is C36H45N3O4Si. The number of carbonyl (C=O) groups excluding carboxylic acids is 1. The summed E-state index contributed by atoms with van der Waals surface area (Å²) < 4.78 is 22.5. The molecular weight excluding hydrogens is 566 g/mol. The molecule has 0 unspecified atom stereocenters. The van der Waals surface area contributed by atoms with Gasteiger partial charge in [0.1, 0.15) is 11.4 Å². The lowest BCUT2D eigenvalue weighted by Crippen LogP contribution is -2.40. The zero-order valence-corrected chi connectivity index (χ0v) is 28.4. The molecule has 0 bridgehead atoms. The van der Waals surface area contributed by atoms with E-state index < -0.39 is 8.32 Å². The summed E-state index contributed by atoms with van der Waals surface area (Å²) >= 11 is 0. The molecule has 0 N–H and O–H groups in total. The van der Waals surface area contributed by atoms with Gasteiger partial charge >= 0.3 is 5.97 Å². The zero-order valence-electron chi connectivity index (χ0n) is 27.4. The van der Waals surface area contributed by atoms with Gasteiger partial charge in [-0.05, 0) is 55.9 Å². The third-order valence-electron chi connectivity index (χ3n) is 8.92. The average molecular weight is 612 g/mol. The lowest BCUT2D eigenvalue weighted by Gasteiger charge is -2.36. The molecule has 2 heterocycles. The summed E-state index contributed by atoms with van der Waals surface area (Å²) in [4.78, 5) is 13.2. The number of esters is 1. The monoisotopic (exact) mass is 611 g/mol. The average Bonchev–Trinajstić information content (AvgIpc) is 3.49. The fourth-order valence-corrected chi connectivity index (χ4v) is 6.48. The molecule has 44 heavy (non-hydrogen) atoms. The quantitative estimate of drug-likeness (QED) is 0.0849. The minimum Gasteiger partial charge on any atom is -0.493 e. The second-order valence-corrected chi connectivity index (χ2v) is 17.7. The number of hydrogen-bond acceptors (Lipinski definition) is 5. The lowest BCUT2D eigenvalue weighted by molar-refractivity contribution is 0.0514. The summed E-state index contributed by atoms with van der Waals surface area (Å²) in [6.07, 6.45) is 0.709. The highest BCUT2D eigenvalue weighted by atomic mass is 28.4. The van der Waals surface area contributed by atoms with Crippen molar-refractivity contribution in [1.82, 2.24) is 14.3 Å². The van der Waals surface area contributed by atoms with Crippen molar-refractivity contribution in [1.29, 1.82) is 0 Å². The minimum absolute atomic E-state index is 0.0954. The van der Waals surface area contributed by atoms with E-state index in [1.165, 1.54) is 0 Å². The number of aryl methyl sites for hydroxylation is 3. The largest absolute Gasteiger partial charge is 0.493 e. The number of aromatic nitrogens is 3. The van der Waals surface area contributed by atoms with Crippen LogP contribution in [0.15, 0.2) is 66.7 Å². The first kappa shape index (κ1) is 31.5. The van der Waals surface area contributed by atoms with Gasteiger partial charge in [-0.25, -0.2) is 4.79 Å². The van der Waals surface area contributed by atoms with E-state index in [0.717, 1.165) is 49.9 Å². The topological polar surface area (TPSA) is 67.5 Å². The van der Waals surface area contributed by atoms with Crippen molar-refractivity contribution >= 4 is 36.0 Å². The Morgan fingerprint density at radius 1 is 0.977 bits per heavy atom. The van der Waals surface area contributed by atoms with Crippen LogP contribution in [0.25, 0.3) is 32.8 Å². The van der Waals surface area contributed by atoms with Crippen molar-refractivity contribution in [3.05, 3.63) is 83.8 Å². The maximum atomic E-state index is 13.2. The molecule has 0 aliphatic rings. The molecule has 0 amide bonds. The van der Waals surface area contributed by atoms with Crippen LogP contribution >= 0.6 is 0 Å². The van der Waals surface area contributed by atoms with Crippen LogP contribution in [0.4, 0.5) is 0 Å². The van der Waals surface area contributed by atoms with Gasteiger partial charge in [-0.2, -0.15) is 5.10 Å².